The lowest BCUT2D eigenvalue weighted by Gasteiger charge is -2.13. The fraction of sp³-hybridized carbons (Fsp3) is 0.619. The third-order valence-electron chi connectivity index (χ3n) is 4.43. The van der Waals surface area contributed by atoms with Crippen molar-refractivity contribution in [3.8, 4) is 0 Å². The maximum atomic E-state index is 12.2. The molecule has 27 heavy (non-hydrogen) atoms. The second-order valence-electron chi connectivity index (χ2n) is 7.35. The van der Waals surface area contributed by atoms with Gasteiger partial charge in [-0.2, -0.15) is 0 Å². The third-order valence-corrected chi connectivity index (χ3v) is 4.43. The van der Waals surface area contributed by atoms with Crippen molar-refractivity contribution in [3.63, 3.8) is 0 Å². The van der Waals surface area contributed by atoms with E-state index in [0.717, 1.165) is 55.5 Å². The van der Waals surface area contributed by atoms with Crippen LogP contribution in [-0.2, 0) is 16.1 Å². The van der Waals surface area contributed by atoms with Crippen LogP contribution >= 0.6 is 0 Å². The molecular weight excluding hydrogens is 340 g/mol. The minimum absolute atomic E-state index is 0.0618. The number of nitrogens with zero attached hydrogens (tertiary/aromatic N) is 1. The highest BCUT2D eigenvalue weighted by molar-refractivity contribution is 5.94. The van der Waals surface area contributed by atoms with Crippen molar-refractivity contribution in [2.75, 3.05) is 25.0 Å². The lowest BCUT2D eigenvalue weighted by atomic mass is 10.1. The van der Waals surface area contributed by atoms with Gasteiger partial charge in [0, 0.05) is 25.4 Å². The highest BCUT2D eigenvalue weighted by Crippen LogP contribution is 2.16. The minimum atomic E-state index is -0.318. The normalized spacial score (nSPS) is 17.2. The quantitative estimate of drug-likeness (QED) is 0.352. The molecule has 6 heteroatoms. The van der Waals surface area contributed by atoms with Crippen molar-refractivity contribution in [1.82, 2.24) is 10.6 Å². The van der Waals surface area contributed by atoms with Crippen molar-refractivity contribution in [1.29, 1.82) is 0 Å². The number of rotatable bonds is 9. The van der Waals surface area contributed by atoms with E-state index < -0.39 is 0 Å². The first kappa shape index (κ1) is 21.2. The van der Waals surface area contributed by atoms with Gasteiger partial charge < -0.3 is 20.7 Å². The summed E-state index contributed by atoms with van der Waals surface area (Å²) in [6.45, 7) is 9.52. The van der Waals surface area contributed by atoms with Crippen LogP contribution < -0.4 is 16.0 Å². The number of benzene rings is 1. The Labute approximate surface area is 163 Å². The number of guanidine groups is 1. The first-order valence-corrected chi connectivity index (χ1v) is 10.1. The molecule has 3 N–H and O–H groups in total. The summed E-state index contributed by atoms with van der Waals surface area (Å²) in [6, 6.07) is 7.83. The molecule has 6 nitrogen and oxygen atoms in total. The van der Waals surface area contributed by atoms with Gasteiger partial charge in [0.15, 0.2) is 5.96 Å². The monoisotopic (exact) mass is 374 g/mol. The Kier molecular flexibility index (Phi) is 9.11. The van der Waals surface area contributed by atoms with Crippen LogP contribution in [-0.4, -0.2) is 37.7 Å². The summed E-state index contributed by atoms with van der Waals surface area (Å²) in [7, 11) is 0. The molecule has 0 aromatic heterocycles. The zero-order valence-corrected chi connectivity index (χ0v) is 16.9. The van der Waals surface area contributed by atoms with E-state index in [2.05, 4.69) is 41.7 Å². The summed E-state index contributed by atoms with van der Waals surface area (Å²) >= 11 is 0. The second kappa shape index (κ2) is 11.6. The van der Waals surface area contributed by atoms with Crippen LogP contribution in [0.15, 0.2) is 29.3 Å². The molecule has 2 rings (SSSR count). The number of carbonyl (C=O) groups is 1. The Balaban J connectivity index is 1.88. The molecule has 1 fully saturated rings. The van der Waals surface area contributed by atoms with Crippen molar-refractivity contribution in [2.24, 2.45) is 10.9 Å². The zero-order chi connectivity index (χ0) is 19.5. The van der Waals surface area contributed by atoms with Crippen molar-refractivity contribution in [2.45, 2.75) is 59.1 Å². The van der Waals surface area contributed by atoms with Crippen LogP contribution in [0.4, 0.5) is 5.69 Å². The number of anilines is 1. The first-order chi connectivity index (χ1) is 13.1. The van der Waals surface area contributed by atoms with Crippen molar-refractivity contribution >= 4 is 17.6 Å². The molecule has 150 valence electrons. The second-order valence-corrected chi connectivity index (χ2v) is 7.35. The van der Waals surface area contributed by atoms with Crippen LogP contribution in [0.3, 0.4) is 0 Å². The van der Waals surface area contributed by atoms with Gasteiger partial charge in [-0.1, -0.05) is 26.0 Å². The van der Waals surface area contributed by atoms with Gasteiger partial charge in [-0.25, -0.2) is 4.99 Å². The number of nitrogens with one attached hydrogen (secondary N) is 3. The largest absolute Gasteiger partial charge is 0.368 e. The van der Waals surface area contributed by atoms with Crippen LogP contribution in [0, 0.1) is 5.92 Å². The Hall–Kier alpha value is -2.08. The van der Waals surface area contributed by atoms with Gasteiger partial charge in [0.25, 0.3) is 5.91 Å². The standard InChI is InChI=1S/C21H34N4O2/c1-4-22-21(23-12-6-8-16(2)3)24-15-17-9-5-10-18(14-17)25-20(26)19-11-7-13-27-19/h5,9-10,14,16,19H,4,6-8,11-13,15H2,1-3H3,(H,25,26)(H2,22,23,24). The molecule has 0 spiro atoms. The van der Waals surface area contributed by atoms with E-state index in [0.29, 0.717) is 13.2 Å². The average molecular weight is 375 g/mol. The number of carbonyl (C=O) groups excluding carboxylic acids is 1. The molecule has 1 saturated heterocycles. The van der Waals surface area contributed by atoms with Crippen LogP contribution in [0.1, 0.15) is 52.0 Å². The highest BCUT2D eigenvalue weighted by Gasteiger charge is 2.23. The summed E-state index contributed by atoms with van der Waals surface area (Å²) in [5.74, 6) is 1.49. The van der Waals surface area contributed by atoms with E-state index in [1.54, 1.807) is 0 Å². The first-order valence-electron chi connectivity index (χ1n) is 10.1. The predicted molar refractivity (Wildman–Crippen MR) is 111 cm³/mol. The molecule has 0 radical (unpaired) electrons. The van der Waals surface area contributed by atoms with Crippen molar-refractivity contribution in [3.05, 3.63) is 29.8 Å². The summed E-state index contributed by atoms with van der Waals surface area (Å²) in [5.41, 5.74) is 1.85. The van der Waals surface area contributed by atoms with Gasteiger partial charge in [0.2, 0.25) is 0 Å². The molecule has 1 aliphatic rings. The smallest absolute Gasteiger partial charge is 0.253 e. The van der Waals surface area contributed by atoms with Gasteiger partial charge in [0.05, 0.1) is 6.54 Å². The maximum Gasteiger partial charge on any atom is 0.253 e. The van der Waals surface area contributed by atoms with E-state index >= 15 is 0 Å². The van der Waals surface area contributed by atoms with Crippen LogP contribution in [0.25, 0.3) is 0 Å². The number of amides is 1. The van der Waals surface area contributed by atoms with Crippen molar-refractivity contribution < 1.29 is 9.53 Å². The van der Waals surface area contributed by atoms with E-state index in [-0.39, 0.29) is 12.0 Å². The number of hydrogen-bond donors (Lipinski definition) is 3. The van der Waals surface area contributed by atoms with Gasteiger partial charge >= 0.3 is 0 Å². The van der Waals surface area contributed by atoms with E-state index in [1.165, 1.54) is 6.42 Å². The van der Waals surface area contributed by atoms with Crippen LogP contribution in [0.2, 0.25) is 0 Å². The lowest BCUT2D eigenvalue weighted by molar-refractivity contribution is -0.124. The Bertz CT molecular complexity index is 610. The van der Waals surface area contributed by atoms with Crippen LogP contribution in [0.5, 0.6) is 0 Å². The fourth-order valence-electron chi connectivity index (χ4n) is 2.98. The summed E-state index contributed by atoms with van der Waals surface area (Å²) < 4.78 is 5.43. The molecule has 1 unspecified atom stereocenters. The molecule has 1 aliphatic heterocycles. The van der Waals surface area contributed by atoms with Gasteiger partial charge in [-0.05, 0) is 56.2 Å². The number of ether oxygens (including phenoxy) is 1. The third kappa shape index (κ3) is 7.99. The van der Waals surface area contributed by atoms with Gasteiger partial charge in [-0.15, -0.1) is 0 Å². The van der Waals surface area contributed by atoms with E-state index in [9.17, 15) is 4.79 Å². The Morgan fingerprint density at radius 1 is 1.33 bits per heavy atom. The summed E-state index contributed by atoms with van der Waals surface area (Å²) in [5, 5.41) is 9.61. The Morgan fingerprint density at radius 3 is 2.89 bits per heavy atom. The molecule has 0 aliphatic carbocycles. The highest BCUT2D eigenvalue weighted by atomic mass is 16.5. The molecule has 0 saturated carbocycles. The summed E-state index contributed by atoms with van der Waals surface area (Å²) in [6.07, 6.45) is 3.77. The minimum Gasteiger partial charge on any atom is -0.368 e. The molecule has 1 amide bonds. The van der Waals surface area contributed by atoms with E-state index in [4.69, 9.17) is 4.74 Å². The number of aliphatic imine (C=N–C) groups is 1. The SMILES string of the molecule is CCNC(=NCc1cccc(NC(=O)C2CCCO2)c1)NCCCC(C)C. The Morgan fingerprint density at radius 2 is 2.19 bits per heavy atom. The summed E-state index contributed by atoms with van der Waals surface area (Å²) in [4.78, 5) is 16.8. The molecular formula is C21H34N4O2. The zero-order valence-electron chi connectivity index (χ0n) is 16.9. The molecule has 0 bridgehead atoms. The van der Waals surface area contributed by atoms with E-state index in [1.807, 2.05) is 24.3 Å². The molecule has 1 aromatic carbocycles. The van der Waals surface area contributed by atoms with Gasteiger partial charge in [-0.3, -0.25) is 4.79 Å². The number of hydrogen-bond acceptors (Lipinski definition) is 3. The predicted octanol–water partition coefficient (Wildman–Crippen LogP) is 3.30. The average Bonchev–Trinajstić information content (AvgIpc) is 3.18. The fourth-order valence-corrected chi connectivity index (χ4v) is 2.98. The maximum absolute atomic E-state index is 12.2. The lowest BCUT2D eigenvalue weighted by Crippen LogP contribution is -2.37. The molecule has 1 atom stereocenters. The topological polar surface area (TPSA) is 74.8 Å². The molecule has 1 aromatic rings. The molecule has 1 heterocycles. The van der Waals surface area contributed by atoms with Gasteiger partial charge in [0.1, 0.15) is 6.10 Å².